The maximum absolute atomic E-state index is 14.8. The van der Waals surface area contributed by atoms with Crippen molar-refractivity contribution in [2.24, 2.45) is 0 Å². The van der Waals surface area contributed by atoms with Crippen LogP contribution in [0, 0.1) is 34.6 Å². The Morgan fingerprint density at radius 3 is 1.49 bits per heavy atom. The number of carbonyl (C=O) groups excluding carboxylic acids is 5. The quantitative estimate of drug-likeness (QED) is 0.171. The Labute approximate surface area is 268 Å². The molecule has 0 N–H and O–H groups in total. The highest BCUT2D eigenvalue weighted by Crippen LogP contribution is 2.46. The van der Waals surface area contributed by atoms with Crippen LogP contribution in [-0.2, 0) is 0 Å². The van der Waals surface area contributed by atoms with E-state index in [1.807, 2.05) is 6.92 Å². The lowest BCUT2D eigenvalue weighted by atomic mass is 9.80. The number of amides is 4. The second-order valence-corrected chi connectivity index (χ2v) is 12.2. The highest BCUT2D eigenvalue weighted by molar-refractivity contribution is 6.35. The van der Waals surface area contributed by atoms with E-state index in [9.17, 15) is 37.1 Å². The smallest absolute Gasteiger partial charge is 0.289 e. The van der Waals surface area contributed by atoms with Gasteiger partial charge in [0.05, 0.1) is 27.9 Å². The fraction of sp³-hybridized carbons (Fsp3) is 0.216. The standard InChI is InChI=1S/C37H29F3N2O5/c1-17-11-18(2)29(19(3)12-17)31(37(38,39)40)30-20(4)13-24(14-21(30)5)42-35(46)26-10-8-23(16-28(26)36(42)47)32(43)22-7-9-25-27(15-22)34(45)41(6)33(25)44/h7-16,31H,1-6H3. The monoisotopic (exact) mass is 638 g/mol. The molecule has 7 nitrogen and oxygen atoms in total. The first-order valence-electron chi connectivity index (χ1n) is 14.8. The minimum atomic E-state index is -4.61. The van der Waals surface area contributed by atoms with E-state index in [4.69, 9.17) is 0 Å². The van der Waals surface area contributed by atoms with Gasteiger partial charge in [-0.1, -0.05) is 29.8 Å². The van der Waals surface area contributed by atoms with E-state index in [1.165, 1.54) is 69.4 Å². The van der Waals surface area contributed by atoms with Gasteiger partial charge in [-0.25, -0.2) is 4.90 Å². The number of carbonyl (C=O) groups is 5. The van der Waals surface area contributed by atoms with Crippen LogP contribution in [0.1, 0.15) is 102 Å². The van der Waals surface area contributed by atoms with E-state index in [0.717, 1.165) is 15.4 Å². The zero-order chi connectivity index (χ0) is 34.3. The number of imide groups is 2. The number of anilines is 1. The summed E-state index contributed by atoms with van der Waals surface area (Å²) < 4.78 is 44.3. The lowest BCUT2D eigenvalue weighted by Crippen LogP contribution is -2.30. The molecule has 1 unspecified atom stereocenters. The van der Waals surface area contributed by atoms with Crippen LogP contribution >= 0.6 is 0 Å². The average molecular weight is 639 g/mol. The SMILES string of the molecule is Cc1cc(C)c(C(c2c(C)cc(N3C(=O)c4ccc(C(=O)c5ccc6c(c5)C(=O)N(C)C6=O)cc4C3=O)cc2C)C(F)(F)F)c(C)c1. The summed E-state index contributed by atoms with van der Waals surface area (Å²) >= 11 is 0. The normalized spacial score (nSPS) is 15.0. The number of alkyl halides is 3. The van der Waals surface area contributed by atoms with Crippen molar-refractivity contribution in [1.29, 1.82) is 0 Å². The number of ketones is 1. The van der Waals surface area contributed by atoms with Gasteiger partial charge in [0, 0.05) is 18.2 Å². The number of aryl methyl sites for hydroxylation is 5. The summed E-state index contributed by atoms with van der Waals surface area (Å²) in [6, 6.07) is 14.4. The Bertz CT molecular complexity index is 2070. The third kappa shape index (κ3) is 4.95. The predicted octanol–water partition coefficient (Wildman–Crippen LogP) is 7.18. The molecular formula is C37H29F3N2O5. The van der Waals surface area contributed by atoms with Crippen molar-refractivity contribution in [2.45, 2.75) is 46.7 Å². The number of halogens is 3. The maximum atomic E-state index is 14.8. The minimum absolute atomic E-state index is 0.0357. The van der Waals surface area contributed by atoms with E-state index in [2.05, 4.69) is 0 Å². The number of rotatable bonds is 5. The van der Waals surface area contributed by atoms with Gasteiger partial charge >= 0.3 is 6.18 Å². The Morgan fingerprint density at radius 1 is 0.596 bits per heavy atom. The van der Waals surface area contributed by atoms with Crippen LogP contribution in [0.5, 0.6) is 0 Å². The molecule has 0 aromatic heterocycles. The third-order valence-corrected chi connectivity index (χ3v) is 8.98. The molecule has 2 heterocycles. The molecule has 0 spiro atoms. The van der Waals surface area contributed by atoms with Crippen LogP contribution in [0.2, 0.25) is 0 Å². The minimum Gasteiger partial charge on any atom is -0.289 e. The van der Waals surface area contributed by atoms with Crippen LogP contribution in [0.25, 0.3) is 0 Å². The van der Waals surface area contributed by atoms with Gasteiger partial charge in [-0.05, 0) is 104 Å². The van der Waals surface area contributed by atoms with Crippen molar-refractivity contribution in [3.63, 3.8) is 0 Å². The summed E-state index contributed by atoms with van der Waals surface area (Å²) in [5.41, 5.74) is 3.26. The molecule has 0 fully saturated rings. The topological polar surface area (TPSA) is 91.8 Å². The lowest BCUT2D eigenvalue weighted by molar-refractivity contribution is -0.141. The molecule has 1 atom stereocenters. The van der Waals surface area contributed by atoms with E-state index in [1.54, 1.807) is 26.0 Å². The molecule has 0 radical (unpaired) electrons. The van der Waals surface area contributed by atoms with Crippen molar-refractivity contribution in [3.8, 4) is 0 Å². The molecule has 4 aromatic carbocycles. The summed E-state index contributed by atoms with van der Waals surface area (Å²) in [4.78, 5) is 67.1. The summed E-state index contributed by atoms with van der Waals surface area (Å²) in [5, 5.41) is 0. The zero-order valence-electron chi connectivity index (χ0n) is 26.4. The van der Waals surface area contributed by atoms with Crippen molar-refractivity contribution in [2.75, 3.05) is 11.9 Å². The first-order chi connectivity index (χ1) is 22.0. The highest BCUT2D eigenvalue weighted by Gasteiger charge is 2.45. The average Bonchev–Trinajstić information content (AvgIpc) is 3.37. The molecule has 0 bridgehead atoms. The molecule has 2 aliphatic heterocycles. The van der Waals surface area contributed by atoms with Gasteiger partial charge in [0.2, 0.25) is 0 Å². The first kappa shape index (κ1) is 31.6. The predicted molar refractivity (Wildman–Crippen MR) is 168 cm³/mol. The van der Waals surface area contributed by atoms with Gasteiger partial charge in [-0.15, -0.1) is 0 Å². The van der Waals surface area contributed by atoms with E-state index in [0.29, 0.717) is 11.1 Å². The van der Waals surface area contributed by atoms with Gasteiger partial charge < -0.3 is 0 Å². The molecule has 47 heavy (non-hydrogen) atoms. The lowest BCUT2D eigenvalue weighted by Gasteiger charge is -2.29. The van der Waals surface area contributed by atoms with Crippen LogP contribution < -0.4 is 4.90 Å². The summed E-state index contributed by atoms with van der Waals surface area (Å²) in [7, 11) is 1.35. The van der Waals surface area contributed by atoms with Gasteiger partial charge in [-0.3, -0.25) is 28.9 Å². The van der Waals surface area contributed by atoms with Gasteiger partial charge in [0.25, 0.3) is 23.6 Å². The second-order valence-electron chi connectivity index (χ2n) is 12.2. The molecule has 0 aliphatic carbocycles. The van der Waals surface area contributed by atoms with Crippen molar-refractivity contribution >= 4 is 35.1 Å². The van der Waals surface area contributed by atoms with Gasteiger partial charge in [0.15, 0.2) is 5.78 Å². The number of hydrogen-bond donors (Lipinski definition) is 0. The molecule has 4 aromatic rings. The number of benzene rings is 4. The van der Waals surface area contributed by atoms with Crippen LogP contribution in [0.15, 0.2) is 60.7 Å². The fourth-order valence-electron chi connectivity index (χ4n) is 6.94. The van der Waals surface area contributed by atoms with Gasteiger partial charge in [0.1, 0.15) is 5.92 Å². The number of nitrogens with zero attached hydrogens (tertiary/aromatic N) is 2. The summed E-state index contributed by atoms with van der Waals surface area (Å²) in [6.45, 7) is 8.22. The van der Waals surface area contributed by atoms with Gasteiger partial charge in [-0.2, -0.15) is 13.2 Å². The molecule has 0 saturated heterocycles. The first-order valence-corrected chi connectivity index (χ1v) is 14.8. The Hall–Kier alpha value is -5.38. The number of fused-ring (bicyclic) bond motifs is 2. The second kappa shape index (κ2) is 10.9. The largest absolute Gasteiger partial charge is 0.399 e. The molecular weight excluding hydrogens is 609 g/mol. The molecule has 0 saturated carbocycles. The Balaban J connectivity index is 1.35. The molecule has 4 amide bonds. The van der Waals surface area contributed by atoms with E-state index in [-0.39, 0.29) is 61.3 Å². The van der Waals surface area contributed by atoms with Crippen LogP contribution in [0.3, 0.4) is 0 Å². The fourth-order valence-corrected chi connectivity index (χ4v) is 6.94. The van der Waals surface area contributed by atoms with Crippen molar-refractivity contribution < 1.29 is 37.1 Å². The van der Waals surface area contributed by atoms with Crippen molar-refractivity contribution in [3.05, 3.63) is 133 Å². The summed E-state index contributed by atoms with van der Waals surface area (Å²) in [5.74, 6) is -4.84. The molecule has 2 aliphatic rings. The Morgan fingerprint density at radius 2 is 1.00 bits per heavy atom. The van der Waals surface area contributed by atoms with Crippen molar-refractivity contribution in [1.82, 2.24) is 4.90 Å². The zero-order valence-corrected chi connectivity index (χ0v) is 26.4. The number of hydrogen-bond acceptors (Lipinski definition) is 5. The highest BCUT2D eigenvalue weighted by atomic mass is 19.4. The van der Waals surface area contributed by atoms with E-state index >= 15 is 0 Å². The molecule has 10 heteroatoms. The van der Waals surface area contributed by atoms with E-state index < -0.39 is 41.5 Å². The third-order valence-electron chi connectivity index (χ3n) is 8.98. The summed E-state index contributed by atoms with van der Waals surface area (Å²) in [6.07, 6.45) is -4.61. The maximum Gasteiger partial charge on any atom is 0.399 e. The molecule has 6 rings (SSSR count). The Kier molecular flexibility index (Phi) is 7.30. The van der Waals surface area contributed by atoms with Crippen LogP contribution in [-0.4, -0.2) is 47.5 Å². The molecule has 238 valence electrons. The van der Waals surface area contributed by atoms with Crippen LogP contribution in [0.4, 0.5) is 18.9 Å².